The lowest BCUT2D eigenvalue weighted by atomic mass is 10.5. The minimum atomic E-state index is 0.610. The maximum Gasteiger partial charge on any atom is 0.153 e. The molecule has 0 amide bonds. The number of anilines is 2. The van der Waals surface area contributed by atoms with Crippen LogP contribution in [0, 0.1) is 0 Å². The third-order valence-electron chi connectivity index (χ3n) is 2.06. The molecule has 0 radical (unpaired) electrons. The van der Waals surface area contributed by atoms with E-state index < -0.39 is 0 Å². The smallest absolute Gasteiger partial charge is 0.153 e. The molecule has 0 aromatic carbocycles. The Kier molecular flexibility index (Phi) is 3.68. The first-order valence-corrected chi connectivity index (χ1v) is 6.81. The van der Waals surface area contributed by atoms with Crippen LogP contribution in [0.1, 0.15) is 0 Å². The first-order chi connectivity index (χ1) is 7.81. The summed E-state index contributed by atoms with van der Waals surface area (Å²) in [5.41, 5.74) is 5.74. The molecule has 0 atom stereocenters. The minimum Gasteiger partial charge on any atom is -0.382 e. The summed E-state index contributed by atoms with van der Waals surface area (Å²) in [4.78, 5) is 1.03. The lowest BCUT2D eigenvalue weighted by Gasteiger charge is -2.05. The van der Waals surface area contributed by atoms with Gasteiger partial charge in [0.25, 0.3) is 0 Å². The van der Waals surface area contributed by atoms with E-state index in [2.05, 4.69) is 14.8 Å². The zero-order chi connectivity index (χ0) is 11.4. The number of nitrogens with two attached hydrogens (primary N) is 1. The molecule has 0 aliphatic rings. The number of hydrogen-bond donors (Lipinski definition) is 2. The summed E-state index contributed by atoms with van der Waals surface area (Å²) in [7, 11) is 0. The lowest BCUT2D eigenvalue weighted by molar-refractivity contribution is 0.638. The fourth-order valence-corrected chi connectivity index (χ4v) is 2.89. The maximum absolute atomic E-state index is 5.74. The third-order valence-corrected chi connectivity index (χ3v) is 3.83. The van der Waals surface area contributed by atoms with Gasteiger partial charge < -0.3 is 11.1 Å². The van der Waals surface area contributed by atoms with Crippen molar-refractivity contribution in [3.63, 3.8) is 0 Å². The molecule has 0 fully saturated rings. The van der Waals surface area contributed by atoms with Crippen molar-refractivity contribution in [3.8, 4) is 0 Å². The summed E-state index contributed by atoms with van der Waals surface area (Å²) in [5.74, 6) is 0.610. The van der Waals surface area contributed by atoms with Crippen molar-refractivity contribution in [2.24, 2.45) is 0 Å². The Labute approximate surface area is 102 Å². The molecular formula is C9H13N5S2. The second kappa shape index (κ2) is 5.22. The molecule has 0 unspecified atom stereocenters. The van der Waals surface area contributed by atoms with E-state index in [1.807, 2.05) is 23.2 Å². The number of aromatic nitrogens is 3. The van der Waals surface area contributed by atoms with E-state index in [0.29, 0.717) is 5.82 Å². The molecule has 2 aromatic heterocycles. The Balaban J connectivity index is 1.89. The van der Waals surface area contributed by atoms with Gasteiger partial charge in [-0.2, -0.15) is 9.47 Å². The predicted molar refractivity (Wildman–Crippen MR) is 69.0 cm³/mol. The fourth-order valence-electron chi connectivity index (χ4n) is 1.32. The van der Waals surface area contributed by atoms with Gasteiger partial charge in [0, 0.05) is 18.9 Å². The highest BCUT2D eigenvalue weighted by atomic mass is 32.2. The van der Waals surface area contributed by atoms with Crippen molar-refractivity contribution in [2.75, 3.05) is 23.9 Å². The second-order valence-corrected chi connectivity index (χ2v) is 4.72. The van der Waals surface area contributed by atoms with E-state index in [-0.39, 0.29) is 0 Å². The van der Waals surface area contributed by atoms with Crippen LogP contribution in [0.5, 0.6) is 0 Å². The molecule has 2 rings (SSSR count). The first-order valence-electron chi connectivity index (χ1n) is 4.81. The van der Waals surface area contributed by atoms with Gasteiger partial charge in [-0.1, -0.05) is 0 Å². The highest BCUT2D eigenvalue weighted by Gasteiger charge is 2.09. The lowest BCUT2D eigenvalue weighted by Crippen LogP contribution is -2.10. The Morgan fingerprint density at radius 3 is 3.19 bits per heavy atom. The molecule has 0 saturated carbocycles. The molecule has 2 heterocycles. The normalized spacial score (nSPS) is 10.6. The summed E-state index contributed by atoms with van der Waals surface area (Å²) in [6.07, 6.45) is 5.72. The topological polar surface area (TPSA) is 68.8 Å². The second-order valence-electron chi connectivity index (χ2n) is 3.13. The molecule has 5 nitrogen and oxygen atoms in total. The summed E-state index contributed by atoms with van der Waals surface area (Å²) in [6.45, 7) is 1.65. The van der Waals surface area contributed by atoms with Gasteiger partial charge >= 0.3 is 0 Å². The Morgan fingerprint density at radius 2 is 2.50 bits per heavy atom. The molecule has 0 bridgehead atoms. The van der Waals surface area contributed by atoms with Crippen LogP contribution in [-0.2, 0) is 6.54 Å². The first kappa shape index (κ1) is 11.3. The Morgan fingerprint density at radius 1 is 1.62 bits per heavy atom. The molecule has 0 aliphatic carbocycles. The van der Waals surface area contributed by atoms with Gasteiger partial charge in [0.15, 0.2) is 5.82 Å². The van der Waals surface area contributed by atoms with Crippen LogP contribution in [0.2, 0.25) is 0 Å². The summed E-state index contributed by atoms with van der Waals surface area (Å²) < 4.78 is 6.00. The standard InChI is InChI=1S/C9H13N5S2/c1-15-7-8(10)13-16-9(7)11-4-6-14-5-2-3-12-14/h2-3,5,11H,4,6H2,1H3,(H2,10,13). The van der Waals surface area contributed by atoms with Gasteiger partial charge in [0.1, 0.15) is 5.00 Å². The van der Waals surface area contributed by atoms with Gasteiger partial charge in [0.05, 0.1) is 11.4 Å². The Hall–Kier alpha value is -1.21. The molecule has 86 valence electrons. The molecule has 2 aromatic rings. The van der Waals surface area contributed by atoms with E-state index in [1.165, 1.54) is 11.5 Å². The van der Waals surface area contributed by atoms with E-state index in [4.69, 9.17) is 5.73 Å². The summed E-state index contributed by atoms with van der Waals surface area (Å²) in [5, 5.41) is 8.49. The van der Waals surface area contributed by atoms with Crippen LogP contribution in [0.25, 0.3) is 0 Å². The monoisotopic (exact) mass is 255 g/mol. The number of rotatable bonds is 5. The van der Waals surface area contributed by atoms with Crippen molar-refractivity contribution in [2.45, 2.75) is 11.4 Å². The maximum atomic E-state index is 5.74. The SMILES string of the molecule is CSc1c(N)nsc1NCCn1cccn1. The van der Waals surface area contributed by atoms with Gasteiger partial charge in [-0.25, -0.2) is 0 Å². The number of thioether (sulfide) groups is 1. The number of nitrogens with one attached hydrogen (secondary N) is 1. The highest BCUT2D eigenvalue weighted by molar-refractivity contribution is 7.99. The largest absolute Gasteiger partial charge is 0.382 e. The summed E-state index contributed by atoms with van der Waals surface area (Å²) in [6, 6.07) is 1.91. The van der Waals surface area contributed by atoms with Crippen LogP contribution in [0.3, 0.4) is 0 Å². The average Bonchev–Trinajstić information content (AvgIpc) is 2.89. The van der Waals surface area contributed by atoms with Crippen LogP contribution in [-0.4, -0.2) is 27.0 Å². The predicted octanol–water partition coefficient (Wildman–Crippen LogP) is 1.76. The van der Waals surface area contributed by atoms with E-state index >= 15 is 0 Å². The van der Waals surface area contributed by atoms with Gasteiger partial charge in [0.2, 0.25) is 0 Å². The van der Waals surface area contributed by atoms with E-state index in [0.717, 1.165) is 23.0 Å². The zero-order valence-electron chi connectivity index (χ0n) is 8.88. The van der Waals surface area contributed by atoms with Crippen molar-refractivity contribution in [1.29, 1.82) is 0 Å². The van der Waals surface area contributed by atoms with Crippen molar-refractivity contribution >= 4 is 34.1 Å². The van der Waals surface area contributed by atoms with Crippen LogP contribution < -0.4 is 11.1 Å². The molecule has 3 N–H and O–H groups in total. The van der Waals surface area contributed by atoms with E-state index in [9.17, 15) is 0 Å². The fraction of sp³-hybridized carbons (Fsp3) is 0.333. The van der Waals surface area contributed by atoms with E-state index in [1.54, 1.807) is 18.0 Å². The molecule has 0 aliphatic heterocycles. The molecule has 0 spiro atoms. The van der Waals surface area contributed by atoms with Crippen LogP contribution >= 0.6 is 23.3 Å². The highest BCUT2D eigenvalue weighted by Crippen LogP contribution is 2.34. The number of nitrogens with zero attached hydrogens (tertiary/aromatic N) is 3. The minimum absolute atomic E-state index is 0.610. The number of hydrogen-bond acceptors (Lipinski definition) is 6. The molecular weight excluding hydrogens is 242 g/mol. The summed E-state index contributed by atoms with van der Waals surface area (Å²) >= 11 is 3.02. The van der Waals surface area contributed by atoms with Crippen LogP contribution in [0.15, 0.2) is 23.4 Å². The molecule has 16 heavy (non-hydrogen) atoms. The zero-order valence-corrected chi connectivity index (χ0v) is 10.5. The van der Waals surface area contributed by atoms with Gasteiger partial charge in [-0.3, -0.25) is 4.68 Å². The molecule has 0 saturated heterocycles. The van der Waals surface area contributed by atoms with Crippen molar-refractivity contribution in [1.82, 2.24) is 14.2 Å². The quantitative estimate of drug-likeness (QED) is 0.797. The Bertz CT molecular complexity index is 437. The van der Waals surface area contributed by atoms with Crippen molar-refractivity contribution in [3.05, 3.63) is 18.5 Å². The van der Waals surface area contributed by atoms with Crippen LogP contribution in [0.4, 0.5) is 10.8 Å². The third kappa shape index (κ3) is 2.48. The van der Waals surface area contributed by atoms with Gasteiger partial charge in [-0.15, -0.1) is 11.8 Å². The van der Waals surface area contributed by atoms with Crippen molar-refractivity contribution < 1.29 is 0 Å². The van der Waals surface area contributed by atoms with Gasteiger partial charge in [-0.05, 0) is 23.9 Å². The average molecular weight is 255 g/mol. The molecule has 7 heteroatoms. The number of nitrogen functional groups attached to an aromatic ring is 1.